The van der Waals surface area contributed by atoms with Crippen molar-refractivity contribution in [1.82, 2.24) is 5.32 Å². The second-order valence-electron chi connectivity index (χ2n) is 5.51. The first-order valence-corrected chi connectivity index (χ1v) is 8.10. The van der Waals surface area contributed by atoms with Crippen LogP contribution in [-0.4, -0.2) is 29.8 Å². The number of nitrogens with one attached hydrogen (secondary N) is 1. The molecular weight excluding hydrogens is 254 g/mol. The molecule has 1 aromatic carbocycles. The van der Waals surface area contributed by atoms with Crippen molar-refractivity contribution in [3.8, 4) is 0 Å². The third kappa shape index (κ3) is 5.98. The van der Waals surface area contributed by atoms with Gasteiger partial charge in [-0.3, -0.25) is 0 Å². The maximum atomic E-state index is 9.07. The second kappa shape index (κ2) is 8.62. The minimum Gasteiger partial charge on any atom is -0.395 e. The Hall–Kier alpha value is -0.510. The van der Waals surface area contributed by atoms with Crippen LogP contribution < -0.4 is 5.32 Å². The van der Waals surface area contributed by atoms with Crippen molar-refractivity contribution in [3.05, 3.63) is 35.4 Å². The SMILES string of the molecule is CNC(CSC(C)CO)c1ccc(CC(C)C)cc1. The molecule has 0 heterocycles. The summed E-state index contributed by atoms with van der Waals surface area (Å²) < 4.78 is 0. The van der Waals surface area contributed by atoms with Gasteiger partial charge in [0.25, 0.3) is 0 Å². The molecule has 3 heteroatoms. The van der Waals surface area contributed by atoms with Crippen LogP contribution in [0, 0.1) is 5.92 Å². The zero-order chi connectivity index (χ0) is 14.3. The molecule has 0 aliphatic heterocycles. The number of aliphatic hydroxyl groups excluding tert-OH is 1. The molecule has 1 rings (SSSR count). The van der Waals surface area contributed by atoms with Gasteiger partial charge in [0.05, 0.1) is 6.61 Å². The summed E-state index contributed by atoms with van der Waals surface area (Å²) in [7, 11) is 2.00. The molecule has 2 N–H and O–H groups in total. The molecule has 1 aromatic rings. The first-order valence-electron chi connectivity index (χ1n) is 7.05. The predicted octanol–water partition coefficient (Wildman–Crippen LogP) is 3.26. The number of hydrogen-bond acceptors (Lipinski definition) is 3. The van der Waals surface area contributed by atoms with Gasteiger partial charge in [0.1, 0.15) is 0 Å². The third-order valence-corrected chi connectivity index (χ3v) is 4.42. The third-order valence-electron chi connectivity index (χ3n) is 3.18. The zero-order valence-electron chi connectivity index (χ0n) is 12.5. The molecule has 0 aromatic heterocycles. The van der Waals surface area contributed by atoms with E-state index in [1.165, 1.54) is 11.1 Å². The molecule has 0 saturated heterocycles. The van der Waals surface area contributed by atoms with Crippen molar-refractivity contribution >= 4 is 11.8 Å². The van der Waals surface area contributed by atoms with Gasteiger partial charge in [0.2, 0.25) is 0 Å². The smallest absolute Gasteiger partial charge is 0.0547 e. The molecule has 2 unspecified atom stereocenters. The average Bonchev–Trinajstić information content (AvgIpc) is 2.40. The summed E-state index contributed by atoms with van der Waals surface area (Å²) in [5.74, 6) is 1.69. The maximum absolute atomic E-state index is 9.07. The lowest BCUT2D eigenvalue weighted by molar-refractivity contribution is 0.300. The van der Waals surface area contributed by atoms with Crippen molar-refractivity contribution in [2.75, 3.05) is 19.4 Å². The fourth-order valence-corrected chi connectivity index (χ4v) is 3.00. The standard InChI is InChI=1S/C16H27NOS/c1-12(2)9-14-5-7-15(8-6-14)16(17-4)11-19-13(3)10-18/h5-8,12-13,16-18H,9-11H2,1-4H3. The van der Waals surface area contributed by atoms with Crippen LogP contribution in [0.25, 0.3) is 0 Å². The summed E-state index contributed by atoms with van der Waals surface area (Å²) >= 11 is 1.81. The highest BCUT2D eigenvalue weighted by Gasteiger charge is 2.11. The largest absolute Gasteiger partial charge is 0.395 e. The van der Waals surface area contributed by atoms with E-state index in [-0.39, 0.29) is 6.61 Å². The predicted molar refractivity (Wildman–Crippen MR) is 85.8 cm³/mol. The first kappa shape index (κ1) is 16.5. The summed E-state index contributed by atoms with van der Waals surface area (Å²) in [5, 5.41) is 12.7. The van der Waals surface area contributed by atoms with E-state index in [2.05, 4.69) is 50.4 Å². The van der Waals surface area contributed by atoms with E-state index < -0.39 is 0 Å². The van der Waals surface area contributed by atoms with Crippen LogP contribution in [0.3, 0.4) is 0 Å². The van der Waals surface area contributed by atoms with E-state index in [1.54, 1.807) is 11.8 Å². The summed E-state index contributed by atoms with van der Waals surface area (Å²) in [6.07, 6.45) is 1.14. The summed E-state index contributed by atoms with van der Waals surface area (Å²) in [6, 6.07) is 9.28. The second-order valence-corrected chi connectivity index (χ2v) is 6.98. The number of rotatable bonds is 8. The van der Waals surface area contributed by atoms with Crippen LogP contribution in [0.5, 0.6) is 0 Å². The van der Waals surface area contributed by atoms with Gasteiger partial charge in [-0.25, -0.2) is 0 Å². The Morgan fingerprint density at radius 3 is 2.26 bits per heavy atom. The normalized spacial score (nSPS) is 14.6. The highest BCUT2D eigenvalue weighted by molar-refractivity contribution is 7.99. The average molecular weight is 281 g/mol. The lowest BCUT2D eigenvalue weighted by Gasteiger charge is -2.18. The minimum absolute atomic E-state index is 0.244. The zero-order valence-corrected chi connectivity index (χ0v) is 13.3. The fourth-order valence-electron chi connectivity index (χ4n) is 2.02. The molecule has 0 radical (unpaired) electrons. The van der Waals surface area contributed by atoms with Crippen molar-refractivity contribution in [2.45, 2.75) is 38.5 Å². The first-order chi connectivity index (χ1) is 9.06. The topological polar surface area (TPSA) is 32.3 Å². The fraction of sp³-hybridized carbons (Fsp3) is 0.625. The number of hydrogen-bond donors (Lipinski definition) is 2. The summed E-state index contributed by atoms with van der Waals surface area (Å²) in [6.45, 7) is 6.80. The monoisotopic (exact) mass is 281 g/mol. The van der Waals surface area contributed by atoms with Gasteiger partial charge in [0.15, 0.2) is 0 Å². The van der Waals surface area contributed by atoms with E-state index >= 15 is 0 Å². The molecule has 108 valence electrons. The molecule has 0 aliphatic carbocycles. The highest BCUT2D eigenvalue weighted by Crippen LogP contribution is 2.22. The quantitative estimate of drug-likeness (QED) is 0.767. The number of thioether (sulfide) groups is 1. The Bertz CT molecular complexity index is 350. The van der Waals surface area contributed by atoms with E-state index in [9.17, 15) is 0 Å². The summed E-state index contributed by atoms with van der Waals surface area (Å²) in [4.78, 5) is 0. The Morgan fingerprint density at radius 1 is 1.16 bits per heavy atom. The molecule has 2 atom stereocenters. The molecule has 0 bridgehead atoms. The Labute approximate surface area is 122 Å². The number of aliphatic hydroxyl groups is 1. The summed E-state index contributed by atoms with van der Waals surface area (Å²) in [5.41, 5.74) is 2.73. The maximum Gasteiger partial charge on any atom is 0.0547 e. The molecule has 0 fully saturated rings. The lowest BCUT2D eigenvalue weighted by atomic mass is 10.00. The van der Waals surface area contributed by atoms with Gasteiger partial charge in [0, 0.05) is 17.0 Å². The molecule has 0 amide bonds. The van der Waals surface area contributed by atoms with Crippen LogP contribution in [0.1, 0.15) is 37.9 Å². The Balaban J connectivity index is 2.60. The molecule has 0 aliphatic rings. The molecule has 0 saturated carbocycles. The van der Waals surface area contributed by atoms with Crippen molar-refractivity contribution in [2.24, 2.45) is 5.92 Å². The van der Waals surface area contributed by atoms with Gasteiger partial charge < -0.3 is 10.4 Å². The van der Waals surface area contributed by atoms with Crippen molar-refractivity contribution in [3.63, 3.8) is 0 Å². The lowest BCUT2D eigenvalue weighted by Crippen LogP contribution is -2.20. The van der Waals surface area contributed by atoms with Crippen LogP contribution in [0.4, 0.5) is 0 Å². The number of benzene rings is 1. The highest BCUT2D eigenvalue weighted by atomic mass is 32.2. The van der Waals surface area contributed by atoms with Crippen LogP contribution >= 0.6 is 11.8 Å². The van der Waals surface area contributed by atoms with Gasteiger partial charge in [-0.05, 0) is 30.5 Å². The Morgan fingerprint density at radius 2 is 1.79 bits per heavy atom. The molecular formula is C16H27NOS. The van der Waals surface area contributed by atoms with Crippen LogP contribution in [0.2, 0.25) is 0 Å². The molecule has 2 nitrogen and oxygen atoms in total. The molecule has 19 heavy (non-hydrogen) atoms. The Kier molecular flexibility index (Phi) is 7.51. The van der Waals surface area contributed by atoms with Crippen molar-refractivity contribution in [1.29, 1.82) is 0 Å². The van der Waals surface area contributed by atoms with E-state index in [1.807, 2.05) is 7.05 Å². The van der Waals surface area contributed by atoms with Gasteiger partial charge in [-0.15, -0.1) is 0 Å². The minimum atomic E-state index is 0.244. The van der Waals surface area contributed by atoms with E-state index in [0.717, 1.165) is 12.2 Å². The van der Waals surface area contributed by atoms with E-state index in [0.29, 0.717) is 17.2 Å². The molecule has 0 spiro atoms. The van der Waals surface area contributed by atoms with E-state index in [4.69, 9.17) is 5.11 Å². The van der Waals surface area contributed by atoms with Gasteiger partial charge in [-0.2, -0.15) is 11.8 Å². The van der Waals surface area contributed by atoms with Crippen LogP contribution in [0.15, 0.2) is 24.3 Å². The van der Waals surface area contributed by atoms with Gasteiger partial charge >= 0.3 is 0 Å². The van der Waals surface area contributed by atoms with Crippen LogP contribution in [-0.2, 0) is 6.42 Å². The van der Waals surface area contributed by atoms with Crippen molar-refractivity contribution < 1.29 is 5.11 Å². The van der Waals surface area contributed by atoms with Gasteiger partial charge in [-0.1, -0.05) is 45.0 Å².